The van der Waals surface area contributed by atoms with Crippen LogP contribution in [-0.4, -0.2) is 18.1 Å². The number of rotatable bonds is 5. The van der Waals surface area contributed by atoms with Gasteiger partial charge in [-0.05, 0) is 49.8 Å². The Morgan fingerprint density at radius 1 is 1.50 bits per heavy atom. The molecule has 2 nitrogen and oxygen atoms in total. The Hall–Kier alpha value is -0.760. The Labute approximate surface area is 103 Å². The van der Waals surface area contributed by atoms with Gasteiger partial charge in [-0.25, -0.2) is 4.98 Å². The fraction of sp³-hybridized carbons (Fsp3) is 0.615. The highest BCUT2D eigenvalue weighted by molar-refractivity contribution is 6.17. The predicted molar refractivity (Wildman–Crippen MR) is 69.1 cm³/mol. The minimum atomic E-state index is 0.545. The van der Waals surface area contributed by atoms with E-state index in [0.29, 0.717) is 5.88 Å². The van der Waals surface area contributed by atoms with Crippen molar-refractivity contribution < 1.29 is 0 Å². The zero-order chi connectivity index (χ0) is 11.5. The third-order valence-electron chi connectivity index (χ3n) is 3.12. The standard InChI is InChI=1S/C13H19ClN2/c1-3-16(9-11-4-5-11)13-10(2)6-12(7-14)8-15-13/h6,8,11H,3-5,7,9H2,1-2H3. The highest BCUT2D eigenvalue weighted by atomic mass is 35.5. The van der Waals surface area contributed by atoms with E-state index in [-0.39, 0.29) is 0 Å². The van der Waals surface area contributed by atoms with E-state index in [1.165, 1.54) is 18.4 Å². The largest absolute Gasteiger partial charge is 0.356 e. The van der Waals surface area contributed by atoms with E-state index in [1.807, 2.05) is 6.20 Å². The van der Waals surface area contributed by atoms with Crippen LogP contribution < -0.4 is 4.90 Å². The van der Waals surface area contributed by atoms with Gasteiger partial charge in [-0.1, -0.05) is 0 Å². The van der Waals surface area contributed by atoms with Gasteiger partial charge in [-0.3, -0.25) is 0 Å². The molecule has 1 saturated carbocycles. The summed E-state index contributed by atoms with van der Waals surface area (Å²) >= 11 is 5.81. The first-order valence-electron chi connectivity index (χ1n) is 6.01. The second-order valence-electron chi connectivity index (χ2n) is 4.60. The second-order valence-corrected chi connectivity index (χ2v) is 4.87. The lowest BCUT2D eigenvalue weighted by molar-refractivity contribution is 0.729. The summed E-state index contributed by atoms with van der Waals surface area (Å²) in [5.74, 6) is 2.57. The molecule has 1 fully saturated rings. The molecule has 0 spiro atoms. The van der Waals surface area contributed by atoms with Crippen LogP contribution in [0, 0.1) is 12.8 Å². The Balaban J connectivity index is 2.15. The van der Waals surface area contributed by atoms with Gasteiger partial charge in [-0.15, -0.1) is 11.6 Å². The normalized spacial score (nSPS) is 15.2. The summed E-state index contributed by atoms with van der Waals surface area (Å²) in [6.07, 6.45) is 4.66. The zero-order valence-electron chi connectivity index (χ0n) is 10.0. The molecule has 1 heterocycles. The van der Waals surface area contributed by atoms with Crippen LogP contribution in [0.15, 0.2) is 12.3 Å². The fourth-order valence-corrected chi connectivity index (χ4v) is 2.15. The first-order chi connectivity index (χ1) is 7.74. The third kappa shape index (κ3) is 2.67. The van der Waals surface area contributed by atoms with Gasteiger partial charge in [0.2, 0.25) is 0 Å². The van der Waals surface area contributed by atoms with E-state index in [1.54, 1.807) is 0 Å². The van der Waals surface area contributed by atoms with Crippen LogP contribution in [-0.2, 0) is 5.88 Å². The molecule has 1 aromatic rings. The maximum absolute atomic E-state index is 5.81. The van der Waals surface area contributed by atoms with Crippen molar-refractivity contribution in [3.63, 3.8) is 0 Å². The van der Waals surface area contributed by atoms with Crippen molar-refractivity contribution in [3.8, 4) is 0 Å². The Kier molecular flexibility index (Phi) is 3.70. The van der Waals surface area contributed by atoms with Gasteiger partial charge >= 0.3 is 0 Å². The summed E-state index contributed by atoms with van der Waals surface area (Å²) in [7, 11) is 0. The second kappa shape index (κ2) is 5.05. The molecular weight excluding hydrogens is 220 g/mol. The lowest BCUT2D eigenvalue weighted by Crippen LogP contribution is -2.27. The van der Waals surface area contributed by atoms with E-state index in [2.05, 4.69) is 29.8 Å². The predicted octanol–water partition coefficient (Wildman–Crippen LogP) is 3.37. The molecule has 0 amide bonds. The number of halogens is 1. The number of pyridine rings is 1. The monoisotopic (exact) mass is 238 g/mol. The van der Waals surface area contributed by atoms with Crippen molar-refractivity contribution in [1.82, 2.24) is 4.98 Å². The van der Waals surface area contributed by atoms with E-state index < -0.39 is 0 Å². The summed E-state index contributed by atoms with van der Waals surface area (Å²) < 4.78 is 0. The molecule has 0 radical (unpaired) electrons. The Bertz CT molecular complexity index is 361. The highest BCUT2D eigenvalue weighted by Gasteiger charge is 2.24. The first kappa shape index (κ1) is 11.7. The minimum absolute atomic E-state index is 0.545. The van der Waals surface area contributed by atoms with Gasteiger partial charge in [-0.2, -0.15) is 0 Å². The quantitative estimate of drug-likeness (QED) is 0.732. The molecule has 0 aliphatic heterocycles. The summed E-state index contributed by atoms with van der Waals surface area (Å²) in [5, 5.41) is 0. The number of aryl methyl sites for hydroxylation is 1. The molecule has 0 bridgehead atoms. The zero-order valence-corrected chi connectivity index (χ0v) is 10.8. The van der Waals surface area contributed by atoms with Crippen molar-refractivity contribution in [3.05, 3.63) is 23.4 Å². The van der Waals surface area contributed by atoms with E-state index >= 15 is 0 Å². The first-order valence-corrected chi connectivity index (χ1v) is 6.54. The van der Waals surface area contributed by atoms with Crippen LogP contribution in [0.2, 0.25) is 0 Å². The maximum Gasteiger partial charge on any atom is 0.131 e. The molecule has 3 heteroatoms. The van der Waals surface area contributed by atoms with Gasteiger partial charge in [0, 0.05) is 25.2 Å². The topological polar surface area (TPSA) is 16.1 Å². The highest BCUT2D eigenvalue weighted by Crippen LogP contribution is 2.31. The molecule has 0 saturated heterocycles. The Morgan fingerprint density at radius 3 is 2.75 bits per heavy atom. The summed E-state index contributed by atoms with van der Waals surface area (Å²) in [5.41, 5.74) is 2.34. The molecule has 1 aliphatic carbocycles. The smallest absolute Gasteiger partial charge is 0.131 e. The average Bonchev–Trinajstić information content (AvgIpc) is 3.10. The fourth-order valence-electron chi connectivity index (χ4n) is 2.01. The van der Waals surface area contributed by atoms with Crippen LogP contribution >= 0.6 is 11.6 Å². The SMILES string of the molecule is CCN(CC1CC1)c1ncc(CCl)cc1C. The number of alkyl halides is 1. The van der Waals surface area contributed by atoms with Gasteiger partial charge in [0.25, 0.3) is 0 Å². The molecule has 88 valence electrons. The van der Waals surface area contributed by atoms with Crippen LogP contribution in [0.25, 0.3) is 0 Å². The van der Waals surface area contributed by atoms with Crippen molar-refractivity contribution in [2.24, 2.45) is 5.92 Å². The van der Waals surface area contributed by atoms with E-state index in [9.17, 15) is 0 Å². The number of nitrogens with zero attached hydrogens (tertiary/aromatic N) is 2. The van der Waals surface area contributed by atoms with Crippen molar-refractivity contribution in [2.45, 2.75) is 32.6 Å². The maximum atomic E-state index is 5.81. The van der Waals surface area contributed by atoms with Crippen molar-refractivity contribution in [1.29, 1.82) is 0 Å². The van der Waals surface area contributed by atoms with Gasteiger partial charge in [0.1, 0.15) is 5.82 Å². The number of hydrogen-bond donors (Lipinski definition) is 0. The molecule has 0 aromatic carbocycles. The number of anilines is 1. The average molecular weight is 239 g/mol. The molecule has 16 heavy (non-hydrogen) atoms. The molecule has 1 aliphatic rings. The molecule has 0 unspecified atom stereocenters. The molecule has 2 rings (SSSR count). The van der Waals surface area contributed by atoms with Gasteiger partial charge < -0.3 is 4.90 Å². The lowest BCUT2D eigenvalue weighted by Gasteiger charge is -2.23. The summed E-state index contributed by atoms with van der Waals surface area (Å²) in [4.78, 5) is 6.92. The lowest BCUT2D eigenvalue weighted by atomic mass is 10.2. The molecular formula is C13H19ClN2. The van der Waals surface area contributed by atoms with Crippen LogP contribution in [0.4, 0.5) is 5.82 Å². The van der Waals surface area contributed by atoms with Gasteiger partial charge in [0.05, 0.1) is 0 Å². The summed E-state index contributed by atoms with van der Waals surface area (Å²) in [6.45, 7) is 6.50. The molecule has 0 N–H and O–H groups in total. The summed E-state index contributed by atoms with van der Waals surface area (Å²) in [6, 6.07) is 2.14. The molecule has 1 aromatic heterocycles. The van der Waals surface area contributed by atoms with E-state index in [4.69, 9.17) is 11.6 Å². The third-order valence-corrected chi connectivity index (χ3v) is 3.43. The van der Waals surface area contributed by atoms with Crippen LogP contribution in [0.3, 0.4) is 0 Å². The Morgan fingerprint density at radius 2 is 2.25 bits per heavy atom. The molecule has 0 atom stereocenters. The van der Waals surface area contributed by atoms with Crippen LogP contribution in [0.1, 0.15) is 30.9 Å². The van der Waals surface area contributed by atoms with E-state index in [0.717, 1.165) is 30.4 Å². The van der Waals surface area contributed by atoms with Crippen molar-refractivity contribution in [2.75, 3.05) is 18.0 Å². The van der Waals surface area contributed by atoms with Crippen LogP contribution in [0.5, 0.6) is 0 Å². The minimum Gasteiger partial charge on any atom is -0.356 e. The number of aromatic nitrogens is 1. The number of hydrogen-bond acceptors (Lipinski definition) is 2. The van der Waals surface area contributed by atoms with Crippen molar-refractivity contribution >= 4 is 17.4 Å². The van der Waals surface area contributed by atoms with Gasteiger partial charge in [0.15, 0.2) is 0 Å².